The van der Waals surface area contributed by atoms with Crippen molar-refractivity contribution >= 4 is 67.3 Å². The lowest BCUT2D eigenvalue weighted by Crippen LogP contribution is -2.23. The highest BCUT2D eigenvalue weighted by molar-refractivity contribution is 7.93. The molecule has 0 atom stereocenters. The first-order valence-corrected chi connectivity index (χ1v) is 8.95. The predicted octanol–water partition coefficient (Wildman–Crippen LogP) is 2.20. The average molecular weight is 401 g/mol. The van der Waals surface area contributed by atoms with Crippen molar-refractivity contribution in [2.45, 2.75) is 11.3 Å². The van der Waals surface area contributed by atoms with Gasteiger partial charge in [0.25, 0.3) is 10.0 Å². The Bertz CT molecular complexity index is 836. The normalized spacial score (nSPS) is 11.4. The lowest BCUT2D eigenvalue weighted by molar-refractivity contribution is -0.304. The zero-order valence-electron chi connectivity index (χ0n) is 10.5. The van der Waals surface area contributed by atoms with Crippen molar-refractivity contribution < 1.29 is 18.3 Å². The number of benzene rings is 1. The molecule has 0 bridgehead atoms. The molecule has 6 nitrogen and oxygen atoms in total. The SMILES string of the molecule is O=C([O-])Cc1cnc(NS(=O)(=O)c2ccc(Cl)c(Cl)c2Cl)s1. The monoisotopic (exact) mass is 399 g/mol. The molecular formula is C11H6Cl3N2O4S2-. The van der Waals surface area contributed by atoms with Gasteiger partial charge in [-0.2, -0.15) is 0 Å². The van der Waals surface area contributed by atoms with Crippen LogP contribution >= 0.6 is 46.1 Å². The second kappa shape index (κ2) is 6.59. The first-order chi connectivity index (χ1) is 10.2. The number of nitrogens with one attached hydrogen (secondary N) is 1. The van der Waals surface area contributed by atoms with Crippen molar-refractivity contribution in [3.8, 4) is 0 Å². The van der Waals surface area contributed by atoms with Gasteiger partial charge in [0.05, 0.1) is 15.1 Å². The minimum atomic E-state index is -4.04. The molecule has 0 radical (unpaired) electrons. The fourth-order valence-electron chi connectivity index (χ4n) is 1.46. The maximum atomic E-state index is 12.3. The van der Waals surface area contributed by atoms with Gasteiger partial charge in [-0.1, -0.05) is 34.8 Å². The number of aromatic nitrogens is 1. The van der Waals surface area contributed by atoms with E-state index in [4.69, 9.17) is 34.8 Å². The van der Waals surface area contributed by atoms with Crippen molar-refractivity contribution in [1.82, 2.24) is 4.98 Å². The smallest absolute Gasteiger partial charge is 0.265 e. The number of thiazole rings is 1. The number of rotatable bonds is 5. The quantitative estimate of drug-likeness (QED) is 0.776. The van der Waals surface area contributed by atoms with Crippen molar-refractivity contribution in [2.75, 3.05) is 4.72 Å². The van der Waals surface area contributed by atoms with E-state index in [1.165, 1.54) is 18.3 Å². The zero-order valence-corrected chi connectivity index (χ0v) is 14.4. The Balaban J connectivity index is 2.30. The number of nitrogens with zero attached hydrogens (tertiary/aromatic N) is 1. The number of carbonyl (C=O) groups excluding carboxylic acids is 1. The molecule has 0 aliphatic heterocycles. The molecule has 0 fully saturated rings. The molecule has 11 heteroatoms. The summed E-state index contributed by atoms with van der Waals surface area (Å²) in [5.74, 6) is -1.29. The molecule has 1 N–H and O–H groups in total. The van der Waals surface area contributed by atoms with E-state index in [0.29, 0.717) is 4.88 Å². The van der Waals surface area contributed by atoms with Crippen molar-refractivity contribution in [3.05, 3.63) is 38.3 Å². The number of carboxylic acid groups (broad SMARTS) is 1. The van der Waals surface area contributed by atoms with E-state index in [-0.39, 0.29) is 31.5 Å². The summed E-state index contributed by atoms with van der Waals surface area (Å²) in [6.45, 7) is 0. The van der Waals surface area contributed by atoms with Gasteiger partial charge in [-0.15, -0.1) is 11.3 Å². The van der Waals surface area contributed by atoms with Gasteiger partial charge in [0.15, 0.2) is 5.13 Å². The summed E-state index contributed by atoms with van der Waals surface area (Å²) < 4.78 is 26.7. The molecule has 0 aliphatic carbocycles. The standard InChI is InChI=1S/C11H7Cl3N2O4S2/c12-6-1-2-7(10(14)9(6)13)22(19,20)16-11-15-4-5(21-11)3-8(17)18/h1-2,4H,3H2,(H,15,16)(H,17,18)/p-1. The van der Waals surface area contributed by atoms with E-state index in [1.54, 1.807) is 0 Å². The maximum absolute atomic E-state index is 12.3. The summed E-state index contributed by atoms with van der Waals surface area (Å²) in [7, 11) is -4.04. The molecule has 0 saturated carbocycles. The van der Waals surface area contributed by atoms with Crippen LogP contribution in [0.5, 0.6) is 0 Å². The molecular weight excluding hydrogens is 395 g/mol. The van der Waals surface area contributed by atoms with Crippen molar-refractivity contribution in [1.29, 1.82) is 0 Å². The van der Waals surface area contributed by atoms with Gasteiger partial charge in [0, 0.05) is 23.5 Å². The first kappa shape index (κ1) is 17.3. The lowest BCUT2D eigenvalue weighted by Gasteiger charge is -2.08. The minimum Gasteiger partial charge on any atom is -0.550 e. The number of aliphatic carboxylic acids is 1. The zero-order chi connectivity index (χ0) is 16.5. The number of hydrogen-bond donors (Lipinski definition) is 1. The van der Waals surface area contributed by atoms with E-state index in [1.807, 2.05) is 0 Å². The fraction of sp³-hybridized carbons (Fsp3) is 0.0909. The van der Waals surface area contributed by atoms with Crippen LogP contribution in [0.15, 0.2) is 23.2 Å². The average Bonchev–Trinajstić information content (AvgIpc) is 2.81. The molecule has 0 unspecified atom stereocenters. The molecule has 1 aromatic carbocycles. The van der Waals surface area contributed by atoms with E-state index in [2.05, 4.69) is 9.71 Å². The van der Waals surface area contributed by atoms with Gasteiger partial charge in [-0.05, 0) is 12.1 Å². The Morgan fingerprint density at radius 3 is 2.59 bits per heavy atom. The Labute approximate surface area is 144 Å². The second-order valence-corrected chi connectivity index (χ2v) is 7.89. The molecule has 1 aromatic heterocycles. The van der Waals surface area contributed by atoms with Crippen molar-refractivity contribution in [2.24, 2.45) is 0 Å². The first-order valence-electron chi connectivity index (χ1n) is 5.51. The van der Waals surface area contributed by atoms with Gasteiger partial charge in [0.1, 0.15) is 4.90 Å². The maximum Gasteiger partial charge on any atom is 0.265 e. The third kappa shape index (κ3) is 3.82. The van der Waals surface area contributed by atoms with Gasteiger partial charge in [-0.25, -0.2) is 13.4 Å². The predicted molar refractivity (Wildman–Crippen MR) is 83.1 cm³/mol. The number of halogens is 3. The molecule has 0 aliphatic rings. The molecule has 2 aromatic rings. The molecule has 118 valence electrons. The fourth-order valence-corrected chi connectivity index (χ4v) is 4.48. The van der Waals surface area contributed by atoms with Gasteiger partial charge in [0.2, 0.25) is 0 Å². The summed E-state index contributed by atoms with van der Waals surface area (Å²) in [6.07, 6.45) is 0.891. The van der Waals surface area contributed by atoms with Crippen LogP contribution in [-0.4, -0.2) is 19.4 Å². The summed E-state index contributed by atoms with van der Waals surface area (Å²) in [4.78, 5) is 14.3. The van der Waals surface area contributed by atoms with Crippen LogP contribution in [0.1, 0.15) is 4.88 Å². The third-order valence-corrected chi connectivity index (χ3v) is 6.21. The van der Waals surface area contributed by atoms with Gasteiger partial charge >= 0.3 is 0 Å². The molecule has 22 heavy (non-hydrogen) atoms. The van der Waals surface area contributed by atoms with E-state index < -0.39 is 16.0 Å². The van der Waals surface area contributed by atoms with Crippen LogP contribution in [-0.2, 0) is 21.2 Å². The Morgan fingerprint density at radius 1 is 1.27 bits per heavy atom. The highest BCUT2D eigenvalue weighted by Crippen LogP contribution is 2.35. The highest BCUT2D eigenvalue weighted by atomic mass is 35.5. The minimum absolute atomic E-state index is 0.00149. The van der Waals surface area contributed by atoms with Crippen LogP contribution in [0.2, 0.25) is 15.1 Å². The highest BCUT2D eigenvalue weighted by Gasteiger charge is 2.22. The number of carbonyl (C=O) groups is 1. The Kier molecular flexibility index (Phi) is 5.18. The molecule has 0 saturated heterocycles. The third-order valence-electron chi connectivity index (χ3n) is 2.38. The summed E-state index contributed by atoms with van der Waals surface area (Å²) in [6, 6.07) is 2.50. The van der Waals surface area contributed by atoms with E-state index >= 15 is 0 Å². The van der Waals surface area contributed by atoms with Crippen LogP contribution < -0.4 is 9.83 Å². The van der Waals surface area contributed by atoms with Gasteiger partial charge in [-0.3, -0.25) is 4.72 Å². The number of sulfonamides is 1. The Morgan fingerprint density at radius 2 is 1.95 bits per heavy atom. The van der Waals surface area contributed by atoms with Crippen LogP contribution in [0.25, 0.3) is 0 Å². The van der Waals surface area contributed by atoms with Crippen molar-refractivity contribution in [3.63, 3.8) is 0 Å². The topological polar surface area (TPSA) is 99.2 Å². The van der Waals surface area contributed by atoms with Gasteiger partial charge < -0.3 is 9.90 Å². The molecule has 2 rings (SSSR count). The number of hydrogen-bond acceptors (Lipinski definition) is 6. The van der Waals surface area contributed by atoms with Crippen LogP contribution in [0.3, 0.4) is 0 Å². The lowest BCUT2D eigenvalue weighted by atomic mass is 10.4. The molecule has 0 spiro atoms. The summed E-state index contributed by atoms with van der Waals surface area (Å²) >= 11 is 18.3. The number of carboxylic acids is 1. The van der Waals surface area contributed by atoms with E-state index in [9.17, 15) is 18.3 Å². The van der Waals surface area contributed by atoms with E-state index in [0.717, 1.165) is 11.3 Å². The summed E-state index contributed by atoms with van der Waals surface area (Å²) in [5.41, 5.74) is 0. The molecule has 0 amide bonds. The largest absolute Gasteiger partial charge is 0.550 e. The second-order valence-electron chi connectivity index (χ2n) is 3.96. The Hall–Kier alpha value is -1.06. The van der Waals surface area contributed by atoms with Crippen LogP contribution in [0.4, 0.5) is 5.13 Å². The van der Waals surface area contributed by atoms with Crippen LogP contribution in [0, 0.1) is 0 Å². The molecule has 1 heterocycles. The number of anilines is 1. The summed E-state index contributed by atoms with van der Waals surface area (Å²) in [5, 5.41) is 10.3.